The zero-order valence-corrected chi connectivity index (χ0v) is 15.1. The lowest BCUT2D eigenvalue weighted by molar-refractivity contribution is -0.144. The fourth-order valence-corrected chi connectivity index (χ4v) is 2.16. The van der Waals surface area contributed by atoms with Crippen molar-refractivity contribution < 1.29 is 14.3 Å². The lowest BCUT2D eigenvalue weighted by Crippen LogP contribution is -2.50. The van der Waals surface area contributed by atoms with Crippen LogP contribution in [0.4, 0.5) is 0 Å². The summed E-state index contributed by atoms with van der Waals surface area (Å²) >= 11 is 12.0. The molecule has 0 unspecified atom stereocenters. The summed E-state index contributed by atoms with van der Waals surface area (Å²) in [4.78, 5) is 23.5. The Balaban J connectivity index is 2.60. The van der Waals surface area contributed by atoms with Crippen molar-refractivity contribution in [3.63, 3.8) is 0 Å². The highest BCUT2D eigenvalue weighted by Gasteiger charge is 2.30. The first-order chi connectivity index (χ1) is 11.2. The highest BCUT2D eigenvalue weighted by atomic mass is 35.5. The number of carbonyl (C=O) groups excluding carboxylic acids is 2. The lowest BCUT2D eigenvalue weighted by Gasteiger charge is -2.27. The molecule has 1 aromatic rings. The highest BCUT2D eigenvalue weighted by molar-refractivity contribution is 6.37. The number of hydrogen-bond acceptors (Lipinski definition) is 4. The number of nitrogens with zero attached hydrogens (tertiary/aromatic N) is 1. The van der Waals surface area contributed by atoms with Crippen LogP contribution < -0.4 is 5.32 Å². The van der Waals surface area contributed by atoms with Gasteiger partial charge in [-0.3, -0.25) is 4.79 Å². The van der Waals surface area contributed by atoms with Gasteiger partial charge in [-0.2, -0.15) is 5.26 Å². The molecule has 0 aliphatic heterocycles. The fraction of sp³-hybridized carbons (Fsp3) is 0.353. The summed E-state index contributed by atoms with van der Waals surface area (Å²) in [7, 11) is 0. The summed E-state index contributed by atoms with van der Waals surface area (Å²) in [5, 5.41) is 12.5. The third-order valence-electron chi connectivity index (χ3n) is 3.52. The number of halogens is 2. The molecule has 0 fully saturated rings. The Hall–Kier alpha value is -2.03. The van der Waals surface area contributed by atoms with Crippen LogP contribution in [0.25, 0.3) is 6.08 Å². The molecule has 0 bridgehead atoms. The summed E-state index contributed by atoms with van der Waals surface area (Å²) in [5.41, 5.74) is -0.538. The van der Waals surface area contributed by atoms with Gasteiger partial charge in [0.05, 0.1) is 6.07 Å². The van der Waals surface area contributed by atoms with Crippen LogP contribution in [0.1, 0.15) is 26.3 Å². The van der Waals surface area contributed by atoms with Crippen LogP contribution in [0, 0.1) is 17.2 Å². The molecule has 1 aromatic carbocycles. The number of rotatable bonds is 6. The molecule has 7 heteroatoms. The molecule has 1 rings (SSSR count). The standard InChI is InChI=1S/C17H18Cl2N2O3/c1-11(2)17(3,10-20)21-15(22)9-24-16(23)8-7-12-13(18)5-4-6-14(12)19/h4-8,11H,9H2,1-3H3,(H,21,22)/b8-7+/t17-/m1/s1. The van der Waals surface area contributed by atoms with Crippen LogP contribution in [0.3, 0.4) is 0 Å². The summed E-state index contributed by atoms with van der Waals surface area (Å²) < 4.78 is 4.84. The van der Waals surface area contributed by atoms with E-state index < -0.39 is 24.0 Å². The Morgan fingerprint density at radius 3 is 2.46 bits per heavy atom. The van der Waals surface area contributed by atoms with E-state index in [1.807, 2.05) is 19.9 Å². The molecule has 0 saturated carbocycles. The number of carbonyl (C=O) groups is 2. The maximum absolute atomic E-state index is 11.8. The Morgan fingerprint density at radius 1 is 1.38 bits per heavy atom. The van der Waals surface area contributed by atoms with Gasteiger partial charge in [0.1, 0.15) is 5.54 Å². The molecule has 0 aliphatic carbocycles. The molecule has 128 valence electrons. The predicted molar refractivity (Wildman–Crippen MR) is 93.5 cm³/mol. The first-order valence-corrected chi connectivity index (χ1v) is 7.96. The second kappa shape index (κ2) is 8.72. The fourth-order valence-electron chi connectivity index (χ4n) is 1.63. The minimum absolute atomic E-state index is 0.0931. The zero-order chi connectivity index (χ0) is 18.3. The van der Waals surface area contributed by atoms with Crippen molar-refractivity contribution in [2.24, 2.45) is 5.92 Å². The van der Waals surface area contributed by atoms with E-state index in [9.17, 15) is 9.59 Å². The van der Waals surface area contributed by atoms with E-state index in [4.69, 9.17) is 33.2 Å². The number of esters is 1. The second-order valence-electron chi connectivity index (χ2n) is 5.59. The van der Waals surface area contributed by atoms with Gasteiger partial charge in [0, 0.05) is 21.7 Å². The van der Waals surface area contributed by atoms with Gasteiger partial charge < -0.3 is 10.1 Å². The maximum atomic E-state index is 11.8. The second-order valence-corrected chi connectivity index (χ2v) is 6.41. The maximum Gasteiger partial charge on any atom is 0.331 e. The van der Waals surface area contributed by atoms with Crippen molar-refractivity contribution >= 4 is 41.2 Å². The van der Waals surface area contributed by atoms with Gasteiger partial charge in [-0.05, 0) is 31.1 Å². The van der Waals surface area contributed by atoms with Gasteiger partial charge in [-0.1, -0.05) is 43.1 Å². The molecule has 0 heterocycles. The van der Waals surface area contributed by atoms with Gasteiger partial charge in [0.2, 0.25) is 0 Å². The number of benzene rings is 1. The predicted octanol–water partition coefficient (Wildman–Crippen LogP) is 3.60. The van der Waals surface area contributed by atoms with Crippen LogP contribution in [-0.4, -0.2) is 24.0 Å². The minimum atomic E-state index is -1.02. The van der Waals surface area contributed by atoms with Gasteiger partial charge in [-0.25, -0.2) is 4.79 Å². The van der Waals surface area contributed by atoms with E-state index in [1.54, 1.807) is 25.1 Å². The lowest BCUT2D eigenvalue weighted by atomic mass is 9.90. The van der Waals surface area contributed by atoms with E-state index in [-0.39, 0.29) is 5.92 Å². The molecule has 1 atom stereocenters. The number of nitrogens with one attached hydrogen (secondary N) is 1. The van der Waals surface area contributed by atoms with Crippen LogP contribution >= 0.6 is 23.2 Å². The molecule has 0 spiro atoms. The van der Waals surface area contributed by atoms with Gasteiger partial charge in [-0.15, -0.1) is 0 Å². The number of nitriles is 1. The SMILES string of the molecule is CC(C)[C@@](C)(C#N)NC(=O)COC(=O)/C=C/c1c(Cl)cccc1Cl. The van der Waals surface area contributed by atoms with Crippen LogP contribution in [0.15, 0.2) is 24.3 Å². The van der Waals surface area contributed by atoms with Crippen molar-refractivity contribution in [2.45, 2.75) is 26.3 Å². The Bertz CT molecular complexity index is 675. The topological polar surface area (TPSA) is 79.2 Å². The summed E-state index contributed by atoms with van der Waals surface area (Å²) in [5.74, 6) is -1.36. The summed E-state index contributed by atoms with van der Waals surface area (Å²) in [6.45, 7) is 4.75. The molecule has 0 saturated heterocycles. The largest absolute Gasteiger partial charge is 0.452 e. The average molecular weight is 369 g/mol. The summed E-state index contributed by atoms with van der Waals surface area (Å²) in [6.07, 6.45) is 2.55. The van der Waals surface area contributed by atoms with E-state index in [0.29, 0.717) is 15.6 Å². The molecule has 0 aromatic heterocycles. The molecular formula is C17H18Cl2N2O3. The van der Waals surface area contributed by atoms with Crippen molar-refractivity contribution in [2.75, 3.05) is 6.61 Å². The van der Waals surface area contributed by atoms with E-state index in [2.05, 4.69) is 5.32 Å². The number of hydrogen-bond donors (Lipinski definition) is 1. The Labute approximate surface area is 151 Å². The zero-order valence-electron chi connectivity index (χ0n) is 13.6. The molecule has 24 heavy (non-hydrogen) atoms. The van der Waals surface area contributed by atoms with Crippen molar-refractivity contribution in [3.8, 4) is 6.07 Å². The molecule has 1 amide bonds. The molecule has 1 N–H and O–H groups in total. The van der Waals surface area contributed by atoms with E-state index in [0.717, 1.165) is 6.08 Å². The third kappa shape index (κ3) is 5.55. The van der Waals surface area contributed by atoms with Crippen LogP contribution in [-0.2, 0) is 14.3 Å². The van der Waals surface area contributed by atoms with Gasteiger partial charge >= 0.3 is 5.97 Å². The van der Waals surface area contributed by atoms with Crippen LogP contribution in [0.2, 0.25) is 10.0 Å². The smallest absolute Gasteiger partial charge is 0.331 e. The van der Waals surface area contributed by atoms with Crippen molar-refractivity contribution in [1.29, 1.82) is 5.26 Å². The van der Waals surface area contributed by atoms with Gasteiger partial charge in [0.15, 0.2) is 6.61 Å². The normalized spacial score (nSPS) is 13.4. The Kier molecular flexibility index (Phi) is 7.27. The molecule has 5 nitrogen and oxygen atoms in total. The van der Waals surface area contributed by atoms with Gasteiger partial charge in [0.25, 0.3) is 5.91 Å². The first-order valence-electron chi connectivity index (χ1n) is 7.20. The average Bonchev–Trinajstić information content (AvgIpc) is 2.52. The molecular weight excluding hydrogens is 351 g/mol. The molecule has 0 radical (unpaired) electrons. The highest BCUT2D eigenvalue weighted by Crippen LogP contribution is 2.25. The van der Waals surface area contributed by atoms with Crippen LogP contribution in [0.5, 0.6) is 0 Å². The van der Waals surface area contributed by atoms with E-state index >= 15 is 0 Å². The van der Waals surface area contributed by atoms with Crippen molar-refractivity contribution in [3.05, 3.63) is 39.9 Å². The Morgan fingerprint density at radius 2 is 1.96 bits per heavy atom. The van der Waals surface area contributed by atoms with Crippen molar-refractivity contribution in [1.82, 2.24) is 5.32 Å². The van der Waals surface area contributed by atoms with E-state index in [1.165, 1.54) is 6.08 Å². The third-order valence-corrected chi connectivity index (χ3v) is 4.18. The summed E-state index contributed by atoms with van der Waals surface area (Å²) in [6, 6.07) is 7.00. The first kappa shape index (κ1) is 20.0. The quantitative estimate of drug-likeness (QED) is 0.614. The number of ether oxygens (including phenoxy) is 1. The minimum Gasteiger partial charge on any atom is -0.452 e. The number of amides is 1. The molecule has 0 aliphatic rings. The monoisotopic (exact) mass is 368 g/mol.